The molecule has 1 N–H and O–H groups in total. The fourth-order valence-corrected chi connectivity index (χ4v) is 4.73. The first-order chi connectivity index (χ1) is 11.6. The molecule has 1 unspecified atom stereocenters. The van der Waals surface area contributed by atoms with Crippen LogP contribution in [-0.2, 0) is 16.0 Å². The molecule has 1 atom stereocenters. The van der Waals surface area contributed by atoms with Crippen molar-refractivity contribution >= 4 is 23.2 Å². The van der Waals surface area contributed by atoms with Gasteiger partial charge in [0.25, 0.3) is 0 Å². The van der Waals surface area contributed by atoms with Crippen LogP contribution in [-0.4, -0.2) is 40.8 Å². The summed E-state index contributed by atoms with van der Waals surface area (Å²) < 4.78 is 0. The maximum Gasteiger partial charge on any atom is 0.242 e. The van der Waals surface area contributed by atoms with Gasteiger partial charge in [-0.3, -0.25) is 9.59 Å². The van der Waals surface area contributed by atoms with E-state index in [1.807, 2.05) is 0 Å². The summed E-state index contributed by atoms with van der Waals surface area (Å²) in [5, 5.41) is 6.28. The molecule has 0 bridgehead atoms. The Balaban J connectivity index is 1.45. The second-order valence-corrected chi connectivity index (χ2v) is 7.86. The number of likely N-dealkylation sites (tertiary alicyclic amines) is 1. The van der Waals surface area contributed by atoms with E-state index in [-0.39, 0.29) is 17.9 Å². The summed E-state index contributed by atoms with van der Waals surface area (Å²) in [6, 6.07) is -0.281. The van der Waals surface area contributed by atoms with Crippen LogP contribution in [0.1, 0.15) is 68.5 Å². The molecule has 1 aromatic rings. The molecule has 2 amide bonds. The Labute approximate surface area is 147 Å². The highest BCUT2D eigenvalue weighted by Crippen LogP contribution is 2.33. The van der Waals surface area contributed by atoms with Gasteiger partial charge in [-0.15, -0.1) is 11.3 Å². The number of hydrogen-bond donors (Lipinski definition) is 1. The number of amides is 2. The summed E-state index contributed by atoms with van der Waals surface area (Å²) in [4.78, 5) is 30.3. The van der Waals surface area contributed by atoms with Crippen molar-refractivity contribution in [3.63, 3.8) is 0 Å². The van der Waals surface area contributed by atoms with Crippen LogP contribution in [0.15, 0.2) is 5.38 Å². The molecule has 2 heterocycles. The highest BCUT2D eigenvalue weighted by atomic mass is 32.1. The zero-order valence-electron chi connectivity index (χ0n) is 14.4. The van der Waals surface area contributed by atoms with Gasteiger partial charge in [0.05, 0.1) is 10.7 Å². The van der Waals surface area contributed by atoms with Crippen LogP contribution in [0.4, 0.5) is 0 Å². The minimum Gasteiger partial charge on any atom is -0.354 e. The molecule has 1 saturated carbocycles. The van der Waals surface area contributed by atoms with Crippen LogP contribution in [0.5, 0.6) is 0 Å². The van der Waals surface area contributed by atoms with E-state index >= 15 is 0 Å². The molecular formula is C18H27N3O2S. The molecule has 0 aromatic carbocycles. The van der Waals surface area contributed by atoms with Gasteiger partial charge in [0.1, 0.15) is 6.04 Å². The van der Waals surface area contributed by atoms with Gasteiger partial charge >= 0.3 is 0 Å². The molecule has 1 aliphatic heterocycles. The van der Waals surface area contributed by atoms with E-state index in [0.29, 0.717) is 19.0 Å². The van der Waals surface area contributed by atoms with E-state index in [9.17, 15) is 9.59 Å². The van der Waals surface area contributed by atoms with Crippen LogP contribution in [0.3, 0.4) is 0 Å². The van der Waals surface area contributed by atoms with E-state index in [4.69, 9.17) is 4.98 Å². The minimum atomic E-state index is -0.281. The van der Waals surface area contributed by atoms with E-state index in [0.717, 1.165) is 24.3 Å². The smallest absolute Gasteiger partial charge is 0.242 e. The number of carbonyl (C=O) groups excluding carboxylic acids is 2. The van der Waals surface area contributed by atoms with E-state index in [2.05, 4.69) is 10.7 Å². The molecule has 2 fully saturated rings. The average Bonchev–Trinajstić information content (AvgIpc) is 3.25. The van der Waals surface area contributed by atoms with Gasteiger partial charge in [0.2, 0.25) is 11.8 Å². The summed E-state index contributed by atoms with van der Waals surface area (Å²) in [6.45, 7) is 2.83. The summed E-state index contributed by atoms with van der Waals surface area (Å²) in [6.07, 6.45) is 8.99. The number of hydrogen-bond acceptors (Lipinski definition) is 4. The summed E-state index contributed by atoms with van der Waals surface area (Å²) in [5.74, 6) is 0.609. The molecule has 5 nitrogen and oxygen atoms in total. The normalized spacial score (nSPS) is 21.9. The lowest BCUT2D eigenvalue weighted by molar-refractivity contribution is -0.136. The summed E-state index contributed by atoms with van der Waals surface area (Å²) in [5.41, 5.74) is 1.25. The van der Waals surface area contributed by atoms with Crippen molar-refractivity contribution in [3.8, 4) is 0 Å². The van der Waals surface area contributed by atoms with Crippen molar-refractivity contribution < 1.29 is 9.59 Å². The Morgan fingerprint density at radius 2 is 2.04 bits per heavy atom. The van der Waals surface area contributed by atoms with Crippen molar-refractivity contribution in [2.75, 3.05) is 13.1 Å². The molecule has 1 saturated heterocycles. The molecule has 3 rings (SSSR count). The van der Waals surface area contributed by atoms with Crippen molar-refractivity contribution in [3.05, 3.63) is 16.1 Å². The van der Waals surface area contributed by atoms with Gasteiger partial charge in [-0.1, -0.05) is 19.3 Å². The van der Waals surface area contributed by atoms with Gasteiger partial charge in [0, 0.05) is 37.7 Å². The maximum atomic E-state index is 12.3. The first-order valence-electron chi connectivity index (χ1n) is 9.14. The number of carbonyl (C=O) groups is 2. The predicted octanol–water partition coefficient (Wildman–Crippen LogP) is 2.86. The Kier molecular flexibility index (Phi) is 5.87. The monoisotopic (exact) mass is 349 g/mol. The Morgan fingerprint density at radius 1 is 1.25 bits per heavy atom. The van der Waals surface area contributed by atoms with Crippen LogP contribution in [0, 0.1) is 0 Å². The third-order valence-corrected chi connectivity index (χ3v) is 6.12. The van der Waals surface area contributed by atoms with Crippen LogP contribution in [0.2, 0.25) is 0 Å². The van der Waals surface area contributed by atoms with Gasteiger partial charge < -0.3 is 10.2 Å². The fraction of sp³-hybridized carbons (Fsp3) is 0.722. The molecule has 6 heteroatoms. The lowest BCUT2D eigenvalue weighted by Crippen LogP contribution is -2.45. The highest BCUT2D eigenvalue weighted by molar-refractivity contribution is 7.09. The second kappa shape index (κ2) is 8.10. The zero-order chi connectivity index (χ0) is 16.9. The van der Waals surface area contributed by atoms with Gasteiger partial charge in [0.15, 0.2) is 0 Å². The highest BCUT2D eigenvalue weighted by Gasteiger charge is 2.32. The third-order valence-electron chi connectivity index (χ3n) is 5.19. The van der Waals surface area contributed by atoms with Crippen molar-refractivity contribution in [1.82, 2.24) is 15.2 Å². The van der Waals surface area contributed by atoms with Crippen molar-refractivity contribution in [1.29, 1.82) is 0 Å². The molecule has 1 aliphatic carbocycles. The molecule has 24 heavy (non-hydrogen) atoms. The number of nitrogens with one attached hydrogen (secondary N) is 1. The van der Waals surface area contributed by atoms with Crippen LogP contribution in [0.25, 0.3) is 0 Å². The van der Waals surface area contributed by atoms with Crippen LogP contribution < -0.4 is 5.32 Å². The quantitative estimate of drug-likeness (QED) is 0.889. The molecule has 0 spiro atoms. The van der Waals surface area contributed by atoms with Crippen molar-refractivity contribution in [2.45, 2.75) is 70.3 Å². The lowest BCUT2D eigenvalue weighted by Gasteiger charge is -2.22. The van der Waals surface area contributed by atoms with E-state index in [1.165, 1.54) is 44.7 Å². The van der Waals surface area contributed by atoms with Crippen LogP contribution >= 0.6 is 11.3 Å². The standard InChI is InChI=1S/C18H27N3O2S/c1-13(22)21-11-5-8-16(21)18(23)19-10-9-17-20-15(12-24-17)14-6-3-2-4-7-14/h12,14,16H,2-11H2,1H3,(H,19,23). The fourth-order valence-electron chi connectivity index (χ4n) is 3.85. The first kappa shape index (κ1) is 17.4. The molecular weight excluding hydrogens is 322 g/mol. The average molecular weight is 350 g/mol. The van der Waals surface area contributed by atoms with Gasteiger partial charge in [-0.25, -0.2) is 4.98 Å². The molecule has 0 radical (unpaired) electrons. The lowest BCUT2D eigenvalue weighted by atomic mass is 9.87. The number of thiazole rings is 1. The first-order valence-corrected chi connectivity index (χ1v) is 10.0. The van der Waals surface area contributed by atoms with Crippen molar-refractivity contribution in [2.24, 2.45) is 0 Å². The Morgan fingerprint density at radius 3 is 2.79 bits per heavy atom. The van der Waals surface area contributed by atoms with E-state index in [1.54, 1.807) is 16.2 Å². The largest absolute Gasteiger partial charge is 0.354 e. The predicted molar refractivity (Wildman–Crippen MR) is 95.1 cm³/mol. The Bertz CT molecular complexity index is 581. The maximum absolute atomic E-state index is 12.3. The minimum absolute atomic E-state index is 0.00954. The molecule has 132 valence electrons. The van der Waals surface area contributed by atoms with Gasteiger partial charge in [-0.2, -0.15) is 0 Å². The number of rotatable bonds is 5. The topological polar surface area (TPSA) is 62.3 Å². The van der Waals surface area contributed by atoms with E-state index < -0.39 is 0 Å². The number of aromatic nitrogens is 1. The zero-order valence-corrected chi connectivity index (χ0v) is 15.2. The number of nitrogens with zero attached hydrogens (tertiary/aromatic N) is 2. The third kappa shape index (κ3) is 4.15. The van der Waals surface area contributed by atoms with Gasteiger partial charge in [-0.05, 0) is 25.7 Å². The Hall–Kier alpha value is -1.43. The second-order valence-electron chi connectivity index (χ2n) is 6.91. The SMILES string of the molecule is CC(=O)N1CCCC1C(=O)NCCc1nc(C2CCCCC2)cs1. The summed E-state index contributed by atoms with van der Waals surface area (Å²) in [7, 11) is 0. The molecule has 2 aliphatic rings. The summed E-state index contributed by atoms with van der Waals surface area (Å²) >= 11 is 1.71. The molecule has 1 aromatic heterocycles.